The van der Waals surface area contributed by atoms with Crippen molar-refractivity contribution >= 4 is 47.2 Å². The minimum Gasteiger partial charge on any atom is -0.469 e. The Hall–Kier alpha value is -0.900. The Labute approximate surface area is 165 Å². The summed E-state index contributed by atoms with van der Waals surface area (Å²) >= 11 is 1.77. The first-order valence-electron chi connectivity index (χ1n) is 8.22. The molecular weight excluding hydrogens is 439 g/mol. The zero-order valence-electron chi connectivity index (χ0n) is 14.8. The number of thiazole rings is 1. The number of aliphatic imine (C=N–C) groups is 1. The van der Waals surface area contributed by atoms with Crippen LogP contribution in [0.2, 0.25) is 0 Å². The first-order chi connectivity index (χ1) is 11.2. The molecule has 0 aliphatic rings. The molecule has 0 amide bonds. The number of nitrogens with zero attached hydrogens (tertiary/aromatic N) is 2. The Morgan fingerprint density at radius 2 is 2.12 bits per heavy atom. The van der Waals surface area contributed by atoms with Crippen LogP contribution in [0.5, 0.6) is 0 Å². The summed E-state index contributed by atoms with van der Waals surface area (Å²) in [5, 5.41) is 7.70. The third kappa shape index (κ3) is 10.1. The Bertz CT molecular complexity index is 494. The van der Waals surface area contributed by atoms with E-state index in [0.717, 1.165) is 49.7 Å². The Balaban J connectivity index is 0.00000529. The molecule has 0 fully saturated rings. The third-order valence-electron chi connectivity index (χ3n) is 3.21. The molecule has 0 unspecified atom stereocenters. The molecule has 2 N–H and O–H groups in total. The van der Waals surface area contributed by atoms with Gasteiger partial charge in [0.05, 0.1) is 12.1 Å². The van der Waals surface area contributed by atoms with E-state index in [9.17, 15) is 4.79 Å². The molecule has 24 heavy (non-hydrogen) atoms. The molecule has 1 rings (SSSR count). The van der Waals surface area contributed by atoms with Crippen LogP contribution in [-0.4, -0.2) is 43.7 Å². The molecule has 0 aromatic carbocycles. The van der Waals surface area contributed by atoms with Crippen molar-refractivity contribution in [2.24, 2.45) is 4.99 Å². The van der Waals surface area contributed by atoms with Crippen LogP contribution < -0.4 is 10.6 Å². The van der Waals surface area contributed by atoms with Crippen molar-refractivity contribution in [2.45, 2.75) is 46.0 Å². The summed E-state index contributed by atoms with van der Waals surface area (Å²) in [6.45, 7) is 6.52. The van der Waals surface area contributed by atoms with Crippen LogP contribution in [-0.2, 0) is 22.4 Å². The number of hydrogen-bond donors (Lipinski definition) is 2. The second-order valence-corrected chi connectivity index (χ2v) is 6.24. The van der Waals surface area contributed by atoms with E-state index in [1.165, 1.54) is 12.0 Å². The van der Waals surface area contributed by atoms with Gasteiger partial charge in [-0.2, -0.15) is 0 Å². The smallest absolute Gasteiger partial charge is 0.305 e. The van der Waals surface area contributed by atoms with Gasteiger partial charge in [-0.05, 0) is 26.2 Å². The normalized spacial score (nSPS) is 10.9. The van der Waals surface area contributed by atoms with E-state index in [-0.39, 0.29) is 29.9 Å². The SMILES string of the molecule is CCNC(=NCCCCC(=O)OC)NCCc1ncc(CC)s1.I. The number of halogens is 1. The van der Waals surface area contributed by atoms with Crippen molar-refractivity contribution in [3.8, 4) is 0 Å². The van der Waals surface area contributed by atoms with Crippen LogP contribution in [0.15, 0.2) is 11.2 Å². The van der Waals surface area contributed by atoms with Gasteiger partial charge in [-0.15, -0.1) is 35.3 Å². The second-order valence-electron chi connectivity index (χ2n) is 5.04. The van der Waals surface area contributed by atoms with E-state index < -0.39 is 0 Å². The van der Waals surface area contributed by atoms with Crippen molar-refractivity contribution in [3.05, 3.63) is 16.1 Å². The standard InChI is InChI=1S/C16H28N4O2S.HI/c1-4-13-12-20-14(23-13)9-11-19-16(17-5-2)18-10-7-6-8-15(21)22-3;/h12H,4-11H2,1-3H3,(H2,17,18,19);1H. The minimum atomic E-state index is -0.158. The van der Waals surface area contributed by atoms with Gasteiger partial charge in [0.2, 0.25) is 0 Å². The lowest BCUT2D eigenvalue weighted by molar-refractivity contribution is -0.140. The fourth-order valence-corrected chi connectivity index (χ4v) is 2.79. The maximum atomic E-state index is 11.0. The lowest BCUT2D eigenvalue weighted by Crippen LogP contribution is -2.38. The molecule has 0 aliphatic carbocycles. The van der Waals surface area contributed by atoms with E-state index in [4.69, 9.17) is 0 Å². The fourth-order valence-electron chi connectivity index (χ4n) is 1.93. The van der Waals surface area contributed by atoms with E-state index >= 15 is 0 Å². The van der Waals surface area contributed by atoms with Crippen LogP contribution in [0.1, 0.15) is 43.0 Å². The number of ether oxygens (including phenoxy) is 1. The van der Waals surface area contributed by atoms with E-state index in [2.05, 4.69) is 32.3 Å². The number of unbranched alkanes of at least 4 members (excludes halogenated alkanes) is 1. The molecular formula is C16H29IN4O2S. The number of aryl methyl sites for hydroxylation is 1. The highest BCUT2D eigenvalue weighted by molar-refractivity contribution is 14.0. The Morgan fingerprint density at radius 1 is 1.33 bits per heavy atom. The van der Waals surface area contributed by atoms with Crippen LogP contribution in [0, 0.1) is 0 Å². The van der Waals surface area contributed by atoms with E-state index in [1.807, 2.05) is 13.1 Å². The summed E-state index contributed by atoms with van der Waals surface area (Å²) in [7, 11) is 1.42. The van der Waals surface area contributed by atoms with Crippen molar-refractivity contribution in [2.75, 3.05) is 26.7 Å². The molecule has 1 aromatic rings. The zero-order chi connectivity index (χ0) is 16.9. The van der Waals surface area contributed by atoms with Gasteiger partial charge in [0.1, 0.15) is 0 Å². The highest BCUT2D eigenvalue weighted by Gasteiger charge is 2.02. The molecule has 0 radical (unpaired) electrons. The van der Waals surface area contributed by atoms with Crippen LogP contribution in [0.25, 0.3) is 0 Å². The minimum absolute atomic E-state index is 0. The average Bonchev–Trinajstić information content (AvgIpc) is 3.02. The number of methoxy groups -OCH3 is 1. The third-order valence-corrected chi connectivity index (χ3v) is 4.41. The van der Waals surface area contributed by atoms with Gasteiger partial charge >= 0.3 is 5.97 Å². The first kappa shape index (κ1) is 23.1. The quantitative estimate of drug-likeness (QED) is 0.182. The molecule has 0 bridgehead atoms. The number of carbonyl (C=O) groups excluding carboxylic acids is 1. The Morgan fingerprint density at radius 3 is 2.75 bits per heavy atom. The van der Waals surface area contributed by atoms with Gasteiger partial charge < -0.3 is 15.4 Å². The number of esters is 1. The van der Waals surface area contributed by atoms with Crippen LogP contribution in [0.4, 0.5) is 0 Å². The summed E-state index contributed by atoms with van der Waals surface area (Å²) in [4.78, 5) is 21.3. The highest BCUT2D eigenvalue weighted by atomic mass is 127. The molecule has 8 heteroatoms. The van der Waals surface area contributed by atoms with Gasteiger partial charge in [0.25, 0.3) is 0 Å². The summed E-state index contributed by atoms with van der Waals surface area (Å²) in [5.74, 6) is 0.659. The topological polar surface area (TPSA) is 75.6 Å². The van der Waals surface area contributed by atoms with E-state index in [0.29, 0.717) is 13.0 Å². The maximum Gasteiger partial charge on any atom is 0.305 e. The van der Waals surface area contributed by atoms with Gasteiger partial charge in [-0.1, -0.05) is 6.92 Å². The van der Waals surface area contributed by atoms with Gasteiger partial charge in [0.15, 0.2) is 5.96 Å². The number of aromatic nitrogens is 1. The predicted octanol–water partition coefficient (Wildman–Crippen LogP) is 2.76. The van der Waals surface area contributed by atoms with Crippen molar-refractivity contribution in [1.29, 1.82) is 0 Å². The molecule has 0 saturated heterocycles. The summed E-state index contributed by atoms with van der Waals surface area (Å²) in [6, 6.07) is 0. The number of carbonyl (C=O) groups is 1. The zero-order valence-corrected chi connectivity index (χ0v) is 17.9. The van der Waals surface area contributed by atoms with Gasteiger partial charge in [-0.3, -0.25) is 9.79 Å². The van der Waals surface area contributed by atoms with Crippen molar-refractivity contribution in [3.63, 3.8) is 0 Å². The maximum absolute atomic E-state index is 11.0. The van der Waals surface area contributed by atoms with Gasteiger partial charge in [0, 0.05) is 43.5 Å². The highest BCUT2D eigenvalue weighted by Crippen LogP contribution is 2.13. The lowest BCUT2D eigenvalue weighted by atomic mass is 10.2. The van der Waals surface area contributed by atoms with Crippen LogP contribution in [0.3, 0.4) is 0 Å². The number of rotatable bonds is 10. The molecule has 0 spiro atoms. The summed E-state index contributed by atoms with van der Waals surface area (Å²) in [6.07, 6.45) is 6.03. The summed E-state index contributed by atoms with van der Waals surface area (Å²) < 4.78 is 4.62. The lowest BCUT2D eigenvalue weighted by Gasteiger charge is -2.10. The number of hydrogen-bond acceptors (Lipinski definition) is 5. The number of nitrogens with one attached hydrogen (secondary N) is 2. The van der Waals surface area contributed by atoms with Crippen molar-refractivity contribution in [1.82, 2.24) is 15.6 Å². The van der Waals surface area contributed by atoms with Crippen molar-refractivity contribution < 1.29 is 9.53 Å². The Kier molecular flexibility index (Phi) is 13.9. The predicted molar refractivity (Wildman–Crippen MR) is 110 cm³/mol. The second kappa shape index (κ2) is 14.4. The first-order valence-corrected chi connectivity index (χ1v) is 9.03. The average molecular weight is 468 g/mol. The molecule has 0 saturated carbocycles. The number of guanidine groups is 1. The summed E-state index contributed by atoms with van der Waals surface area (Å²) in [5.41, 5.74) is 0. The van der Waals surface area contributed by atoms with E-state index in [1.54, 1.807) is 11.3 Å². The molecule has 0 atom stereocenters. The molecule has 1 aromatic heterocycles. The molecule has 6 nitrogen and oxygen atoms in total. The molecule has 0 aliphatic heterocycles. The molecule has 1 heterocycles. The van der Waals surface area contributed by atoms with Gasteiger partial charge in [-0.25, -0.2) is 4.98 Å². The largest absolute Gasteiger partial charge is 0.469 e. The monoisotopic (exact) mass is 468 g/mol. The van der Waals surface area contributed by atoms with Crippen LogP contribution >= 0.6 is 35.3 Å². The fraction of sp³-hybridized carbons (Fsp3) is 0.688. The molecule has 138 valence electrons.